The minimum Gasteiger partial charge on any atom is -0.324 e. The van der Waals surface area contributed by atoms with E-state index in [1.807, 2.05) is 73.7 Å². The van der Waals surface area contributed by atoms with E-state index < -0.39 is 0 Å². The van der Waals surface area contributed by atoms with Crippen molar-refractivity contribution >= 4 is 35.1 Å². The largest absolute Gasteiger partial charge is 0.324 e. The molecule has 0 aliphatic carbocycles. The molecule has 6 nitrogen and oxygen atoms in total. The summed E-state index contributed by atoms with van der Waals surface area (Å²) in [5.74, 6) is 0.105. The van der Waals surface area contributed by atoms with Gasteiger partial charge in [-0.25, -0.2) is 4.98 Å². The fourth-order valence-electron chi connectivity index (χ4n) is 2.81. The van der Waals surface area contributed by atoms with Gasteiger partial charge in [-0.1, -0.05) is 48.2 Å². The highest BCUT2D eigenvalue weighted by atomic mass is 32.2. The second-order valence-electron chi connectivity index (χ2n) is 6.84. The van der Waals surface area contributed by atoms with Crippen molar-refractivity contribution in [1.29, 1.82) is 0 Å². The van der Waals surface area contributed by atoms with Crippen LogP contribution in [0.5, 0.6) is 0 Å². The summed E-state index contributed by atoms with van der Waals surface area (Å²) in [5.41, 5.74) is 1.57. The van der Waals surface area contributed by atoms with Crippen LogP contribution in [0.4, 0.5) is 11.5 Å². The molecular formula is C23H24N4O2S. The summed E-state index contributed by atoms with van der Waals surface area (Å²) in [6.45, 7) is 2.04. The molecule has 0 radical (unpaired) electrons. The summed E-state index contributed by atoms with van der Waals surface area (Å²) in [7, 11) is 1.73. The molecule has 2 aromatic carbocycles. The number of nitrogens with one attached hydrogen (secondary N) is 2. The topological polar surface area (TPSA) is 74.3 Å². The number of amides is 2. The fourth-order valence-corrected chi connectivity index (χ4v) is 3.73. The van der Waals surface area contributed by atoms with Crippen LogP contribution in [0.25, 0.3) is 0 Å². The Bertz CT molecular complexity index is 1010. The summed E-state index contributed by atoms with van der Waals surface area (Å²) in [4.78, 5) is 32.7. The smallest absolute Gasteiger partial charge is 0.239 e. The Kier molecular flexibility index (Phi) is 7.59. The fraction of sp³-hybridized carbons (Fsp3) is 0.174. The molecule has 3 rings (SSSR count). The van der Waals surface area contributed by atoms with Crippen molar-refractivity contribution in [2.75, 3.05) is 30.8 Å². The van der Waals surface area contributed by atoms with E-state index in [4.69, 9.17) is 0 Å². The lowest BCUT2D eigenvalue weighted by Gasteiger charge is -2.17. The van der Waals surface area contributed by atoms with Gasteiger partial charge in [-0.2, -0.15) is 0 Å². The molecule has 1 aromatic heterocycles. The van der Waals surface area contributed by atoms with Gasteiger partial charge in [0.1, 0.15) is 5.82 Å². The van der Waals surface area contributed by atoms with Crippen LogP contribution in [0.2, 0.25) is 0 Å². The number of likely N-dealkylation sites (N-methyl/N-ethyl adjacent to an activating group) is 1. The molecule has 154 valence electrons. The number of rotatable bonds is 8. The minimum absolute atomic E-state index is 0.0868. The van der Waals surface area contributed by atoms with Gasteiger partial charge < -0.3 is 10.6 Å². The number of aromatic nitrogens is 1. The van der Waals surface area contributed by atoms with E-state index in [1.165, 1.54) is 0 Å². The SMILES string of the molecule is Cc1cccc(NC(=O)CN(C)CC(=O)Nc2ccccc2Sc2ccccc2)n1. The molecule has 0 saturated heterocycles. The van der Waals surface area contributed by atoms with Crippen LogP contribution in [0.15, 0.2) is 82.6 Å². The Morgan fingerprint density at radius 2 is 1.53 bits per heavy atom. The maximum Gasteiger partial charge on any atom is 0.239 e. The quantitative estimate of drug-likeness (QED) is 0.575. The second kappa shape index (κ2) is 10.6. The van der Waals surface area contributed by atoms with Gasteiger partial charge in [0.2, 0.25) is 11.8 Å². The lowest BCUT2D eigenvalue weighted by Crippen LogP contribution is -2.36. The van der Waals surface area contributed by atoms with Crippen molar-refractivity contribution in [3.05, 3.63) is 78.5 Å². The lowest BCUT2D eigenvalue weighted by molar-refractivity contribution is -0.119. The first-order valence-electron chi connectivity index (χ1n) is 9.53. The van der Waals surface area contributed by atoms with Gasteiger partial charge in [-0.15, -0.1) is 0 Å². The van der Waals surface area contributed by atoms with E-state index in [-0.39, 0.29) is 24.9 Å². The van der Waals surface area contributed by atoms with Crippen molar-refractivity contribution in [3.8, 4) is 0 Å². The van der Waals surface area contributed by atoms with Crippen LogP contribution in [-0.2, 0) is 9.59 Å². The standard InChI is InChI=1S/C23H24N4O2S/c1-17-9-8-14-21(24-17)26-23(29)16-27(2)15-22(28)25-19-12-6-7-13-20(19)30-18-10-4-3-5-11-18/h3-14H,15-16H2,1-2H3,(H,25,28)(H,24,26,29). The molecule has 0 fully saturated rings. The van der Waals surface area contributed by atoms with Gasteiger partial charge in [0.25, 0.3) is 0 Å². The highest BCUT2D eigenvalue weighted by Gasteiger charge is 2.13. The summed E-state index contributed by atoms with van der Waals surface area (Å²) in [6.07, 6.45) is 0. The van der Waals surface area contributed by atoms with E-state index in [0.29, 0.717) is 5.82 Å². The first-order chi connectivity index (χ1) is 14.5. The van der Waals surface area contributed by atoms with Crippen molar-refractivity contribution in [2.45, 2.75) is 16.7 Å². The van der Waals surface area contributed by atoms with Crippen molar-refractivity contribution in [1.82, 2.24) is 9.88 Å². The molecule has 2 N–H and O–H groups in total. The number of nitrogens with zero attached hydrogens (tertiary/aromatic N) is 2. The molecule has 0 aliphatic rings. The Labute approximate surface area is 180 Å². The number of aryl methyl sites for hydroxylation is 1. The molecule has 2 amide bonds. The van der Waals surface area contributed by atoms with E-state index in [1.54, 1.807) is 29.8 Å². The summed E-state index contributed by atoms with van der Waals surface area (Å²) >= 11 is 1.59. The predicted octanol–water partition coefficient (Wildman–Crippen LogP) is 4.05. The first-order valence-corrected chi connectivity index (χ1v) is 10.3. The van der Waals surface area contributed by atoms with Gasteiger partial charge in [-0.3, -0.25) is 14.5 Å². The number of anilines is 2. The summed E-state index contributed by atoms with van der Waals surface area (Å²) in [6, 6.07) is 23.1. The Morgan fingerprint density at radius 1 is 0.867 bits per heavy atom. The van der Waals surface area contributed by atoms with E-state index in [9.17, 15) is 9.59 Å². The normalized spacial score (nSPS) is 10.6. The highest BCUT2D eigenvalue weighted by Crippen LogP contribution is 2.33. The average Bonchev–Trinajstić information content (AvgIpc) is 2.70. The van der Waals surface area contributed by atoms with Gasteiger partial charge >= 0.3 is 0 Å². The molecule has 0 spiro atoms. The van der Waals surface area contributed by atoms with Crippen LogP contribution in [0.3, 0.4) is 0 Å². The predicted molar refractivity (Wildman–Crippen MR) is 121 cm³/mol. The summed E-state index contributed by atoms with van der Waals surface area (Å²) < 4.78 is 0. The van der Waals surface area contributed by atoms with Crippen LogP contribution < -0.4 is 10.6 Å². The van der Waals surface area contributed by atoms with Crippen LogP contribution in [0, 0.1) is 6.92 Å². The zero-order chi connectivity index (χ0) is 21.3. The third-order valence-corrected chi connectivity index (χ3v) is 5.20. The third-order valence-electron chi connectivity index (χ3n) is 4.12. The number of hydrogen-bond donors (Lipinski definition) is 2. The molecule has 0 saturated carbocycles. The molecule has 1 heterocycles. The zero-order valence-electron chi connectivity index (χ0n) is 17.0. The van der Waals surface area contributed by atoms with Crippen LogP contribution in [-0.4, -0.2) is 41.8 Å². The average molecular weight is 421 g/mol. The Hall–Kier alpha value is -3.16. The van der Waals surface area contributed by atoms with E-state index >= 15 is 0 Å². The van der Waals surface area contributed by atoms with Crippen LogP contribution >= 0.6 is 11.8 Å². The summed E-state index contributed by atoms with van der Waals surface area (Å²) in [5, 5.41) is 5.69. The van der Waals surface area contributed by atoms with Crippen molar-refractivity contribution < 1.29 is 9.59 Å². The third kappa shape index (κ3) is 6.72. The molecule has 0 unspecified atom stereocenters. The molecule has 3 aromatic rings. The van der Waals surface area contributed by atoms with E-state index in [0.717, 1.165) is 21.2 Å². The molecule has 0 aliphatic heterocycles. The number of carbonyl (C=O) groups is 2. The van der Waals surface area contributed by atoms with Crippen LogP contribution in [0.1, 0.15) is 5.69 Å². The van der Waals surface area contributed by atoms with Gasteiger partial charge in [0.15, 0.2) is 0 Å². The number of benzene rings is 2. The molecule has 0 bridgehead atoms. The highest BCUT2D eigenvalue weighted by molar-refractivity contribution is 7.99. The van der Waals surface area contributed by atoms with Gasteiger partial charge in [-0.05, 0) is 50.4 Å². The number of hydrogen-bond acceptors (Lipinski definition) is 5. The number of para-hydroxylation sites is 1. The molecule has 7 heteroatoms. The Morgan fingerprint density at radius 3 is 2.27 bits per heavy atom. The Balaban J connectivity index is 1.53. The molecule has 30 heavy (non-hydrogen) atoms. The van der Waals surface area contributed by atoms with Gasteiger partial charge in [0.05, 0.1) is 18.8 Å². The second-order valence-corrected chi connectivity index (χ2v) is 7.96. The maximum absolute atomic E-state index is 12.5. The maximum atomic E-state index is 12.5. The van der Waals surface area contributed by atoms with Crippen molar-refractivity contribution in [3.63, 3.8) is 0 Å². The molecular weight excluding hydrogens is 396 g/mol. The van der Waals surface area contributed by atoms with Crippen molar-refractivity contribution in [2.24, 2.45) is 0 Å². The first kappa shape index (κ1) is 21.5. The molecule has 0 atom stereocenters. The lowest BCUT2D eigenvalue weighted by atomic mass is 10.3. The number of pyridine rings is 1. The zero-order valence-corrected chi connectivity index (χ0v) is 17.8. The monoisotopic (exact) mass is 420 g/mol. The van der Waals surface area contributed by atoms with Gasteiger partial charge in [0, 0.05) is 15.5 Å². The van der Waals surface area contributed by atoms with E-state index in [2.05, 4.69) is 15.6 Å². The minimum atomic E-state index is -0.219. The number of carbonyl (C=O) groups excluding carboxylic acids is 2.